The highest BCUT2D eigenvalue weighted by atomic mass is 19.1. The smallest absolute Gasteiger partial charge is 0.303 e. The number of aromatic nitrogens is 1. The average molecular weight is 573 g/mol. The SMILES string of the molecule is CC1(C)CN(c2ccccc2F)CCO1.O=C(O)CCCO.c1cc2c(nc1CCCN1CCCCC1)NCCC2. The molecular formula is C32H49FN4O4. The predicted molar refractivity (Wildman–Crippen MR) is 162 cm³/mol. The van der Waals surface area contributed by atoms with Crippen molar-refractivity contribution in [3.8, 4) is 0 Å². The number of pyridine rings is 1. The fraction of sp³-hybridized carbons (Fsp3) is 0.625. The van der Waals surface area contributed by atoms with Gasteiger partial charge in [0.05, 0.1) is 17.9 Å². The molecule has 2 aromatic rings. The summed E-state index contributed by atoms with van der Waals surface area (Å²) >= 11 is 0. The molecule has 1 aromatic carbocycles. The monoisotopic (exact) mass is 572 g/mol. The Morgan fingerprint density at radius 3 is 2.54 bits per heavy atom. The van der Waals surface area contributed by atoms with E-state index in [0.29, 0.717) is 18.7 Å². The highest BCUT2D eigenvalue weighted by molar-refractivity contribution is 5.66. The first kappa shape index (κ1) is 32.8. The average Bonchev–Trinajstić information content (AvgIpc) is 2.97. The van der Waals surface area contributed by atoms with Gasteiger partial charge < -0.3 is 30.1 Å². The zero-order chi connectivity index (χ0) is 29.5. The van der Waals surface area contributed by atoms with Crippen molar-refractivity contribution in [1.29, 1.82) is 0 Å². The quantitative estimate of drug-likeness (QED) is 0.400. The minimum Gasteiger partial charge on any atom is -0.481 e. The van der Waals surface area contributed by atoms with Crippen molar-refractivity contribution in [2.24, 2.45) is 0 Å². The Labute approximate surface area is 244 Å². The minimum atomic E-state index is -0.853. The summed E-state index contributed by atoms with van der Waals surface area (Å²) in [5.74, 6) is 0.131. The van der Waals surface area contributed by atoms with E-state index in [1.165, 1.54) is 75.5 Å². The van der Waals surface area contributed by atoms with Crippen LogP contribution >= 0.6 is 0 Å². The van der Waals surface area contributed by atoms with Crippen molar-refractivity contribution >= 4 is 17.5 Å². The van der Waals surface area contributed by atoms with Crippen molar-refractivity contribution < 1.29 is 24.1 Å². The van der Waals surface area contributed by atoms with Crippen molar-refractivity contribution in [1.82, 2.24) is 9.88 Å². The van der Waals surface area contributed by atoms with Gasteiger partial charge >= 0.3 is 5.97 Å². The van der Waals surface area contributed by atoms with E-state index in [0.717, 1.165) is 31.9 Å². The number of aliphatic hydroxyl groups is 1. The van der Waals surface area contributed by atoms with Crippen LogP contribution in [0, 0.1) is 5.82 Å². The summed E-state index contributed by atoms with van der Waals surface area (Å²) < 4.78 is 19.1. The van der Waals surface area contributed by atoms with Gasteiger partial charge in [-0.3, -0.25) is 4.79 Å². The number of carboxylic acid groups (broad SMARTS) is 1. The number of piperidine rings is 1. The third kappa shape index (κ3) is 11.9. The topological polar surface area (TPSA) is 98.2 Å². The van der Waals surface area contributed by atoms with Crippen LogP contribution in [-0.4, -0.2) is 84.1 Å². The number of fused-ring (bicyclic) bond motifs is 1. The van der Waals surface area contributed by atoms with Gasteiger partial charge in [-0.1, -0.05) is 24.6 Å². The Morgan fingerprint density at radius 2 is 1.85 bits per heavy atom. The molecule has 0 spiro atoms. The summed E-state index contributed by atoms with van der Waals surface area (Å²) in [7, 11) is 0. The van der Waals surface area contributed by atoms with Gasteiger partial charge in [0, 0.05) is 38.4 Å². The molecular weight excluding hydrogens is 523 g/mol. The van der Waals surface area contributed by atoms with Crippen molar-refractivity contribution in [3.05, 3.63) is 53.5 Å². The van der Waals surface area contributed by atoms with E-state index in [4.69, 9.17) is 19.9 Å². The Kier molecular flexibility index (Phi) is 13.8. The maximum atomic E-state index is 13.5. The van der Waals surface area contributed by atoms with Gasteiger partial charge in [-0.05, 0) is 102 Å². The lowest BCUT2D eigenvalue weighted by Gasteiger charge is -2.39. The number of morpholine rings is 1. The summed E-state index contributed by atoms with van der Waals surface area (Å²) in [6.45, 7) is 11.1. The molecule has 3 aliphatic rings. The van der Waals surface area contributed by atoms with Crippen molar-refractivity contribution in [3.63, 3.8) is 0 Å². The predicted octanol–water partition coefficient (Wildman–Crippen LogP) is 5.14. The molecule has 0 saturated carbocycles. The maximum absolute atomic E-state index is 13.5. The van der Waals surface area contributed by atoms with Crippen LogP contribution in [0.4, 0.5) is 15.9 Å². The molecule has 2 saturated heterocycles. The van der Waals surface area contributed by atoms with Gasteiger partial charge in [-0.15, -0.1) is 0 Å². The lowest BCUT2D eigenvalue weighted by atomic mass is 10.1. The van der Waals surface area contributed by atoms with E-state index >= 15 is 0 Å². The number of nitrogens with one attached hydrogen (secondary N) is 1. The number of aryl methyl sites for hydroxylation is 2. The van der Waals surface area contributed by atoms with Gasteiger partial charge in [-0.2, -0.15) is 0 Å². The van der Waals surface area contributed by atoms with E-state index in [2.05, 4.69) is 22.3 Å². The van der Waals surface area contributed by atoms with Crippen LogP contribution in [0.15, 0.2) is 36.4 Å². The fourth-order valence-electron chi connectivity index (χ4n) is 5.34. The van der Waals surface area contributed by atoms with E-state index in [-0.39, 0.29) is 24.4 Å². The molecule has 3 aliphatic heterocycles. The summed E-state index contributed by atoms with van der Waals surface area (Å²) in [5, 5.41) is 19.4. The number of benzene rings is 1. The first-order valence-electron chi connectivity index (χ1n) is 15.2. The molecule has 0 aliphatic carbocycles. The number of halogens is 1. The number of hydrogen-bond donors (Lipinski definition) is 3. The van der Waals surface area contributed by atoms with E-state index in [1.807, 2.05) is 30.9 Å². The molecule has 0 amide bonds. The lowest BCUT2D eigenvalue weighted by molar-refractivity contribution is -0.137. The fourth-order valence-corrected chi connectivity index (χ4v) is 5.34. The molecule has 0 atom stereocenters. The number of hydrogen-bond acceptors (Lipinski definition) is 7. The second kappa shape index (κ2) is 17.3. The molecule has 3 N–H and O–H groups in total. The molecule has 8 nitrogen and oxygen atoms in total. The number of para-hydroxylation sites is 1. The molecule has 4 heterocycles. The number of anilines is 2. The number of carboxylic acids is 1. The zero-order valence-corrected chi connectivity index (χ0v) is 24.9. The first-order valence-corrected chi connectivity index (χ1v) is 15.2. The Balaban J connectivity index is 0.000000188. The largest absolute Gasteiger partial charge is 0.481 e. The van der Waals surface area contributed by atoms with E-state index < -0.39 is 5.97 Å². The molecule has 1 aromatic heterocycles. The number of aliphatic hydroxyl groups excluding tert-OH is 1. The molecule has 9 heteroatoms. The third-order valence-corrected chi connectivity index (χ3v) is 7.48. The molecule has 0 bridgehead atoms. The van der Waals surface area contributed by atoms with Gasteiger partial charge in [-0.25, -0.2) is 9.37 Å². The van der Waals surface area contributed by atoms with Crippen molar-refractivity contribution in [2.45, 2.75) is 77.2 Å². The van der Waals surface area contributed by atoms with Gasteiger partial charge in [0.25, 0.3) is 0 Å². The number of rotatable bonds is 8. The van der Waals surface area contributed by atoms with Crippen LogP contribution < -0.4 is 10.2 Å². The van der Waals surface area contributed by atoms with Crippen LogP contribution in [-0.2, 0) is 22.4 Å². The molecule has 228 valence electrons. The van der Waals surface area contributed by atoms with Gasteiger partial charge in [0.1, 0.15) is 11.6 Å². The van der Waals surface area contributed by atoms with Crippen LogP contribution in [0.25, 0.3) is 0 Å². The highest BCUT2D eigenvalue weighted by Gasteiger charge is 2.28. The molecule has 5 rings (SSSR count). The van der Waals surface area contributed by atoms with Crippen molar-refractivity contribution in [2.75, 3.05) is 62.7 Å². The second-order valence-electron chi connectivity index (χ2n) is 11.5. The van der Waals surface area contributed by atoms with E-state index in [1.54, 1.807) is 6.07 Å². The summed E-state index contributed by atoms with van der Waals surface area (Å²) in [5.41, 5.74) is 3.13. The Bertz CT molecular complexity index is 1060. The van der Waals surface area contributed by atoms with Crippen LogP contribution in [0.2, 0.25) is 0 Å². The van der Waals surface area contributed by atoms with E-state index in [9.17, 15) is 9.18 Å². The van der Waals surface area contributed by atoms with Crippen LogP contribution in [0.3, 0.4) is 0 Å². The summed E-state index contributed by atoms with van der Waals surface area (Å²) in [6.07, 6.45) is 9.41. The third-order valence-electron chi connectivity index (χ3n) is 7.48. The second-order valence-corrected chi connectivity index (χ2v) is 11.5. The normalized spacial score (nSPS) is 18.1. The highest BCUT2D eigenvalue weighted by Crippen LogP contribution is 2.25. The standard InChI is InChI=1S/C16H25N3.C12H16FNO.C4H8O3/c1-2-11-19(12-3-1)13-5-7-15-9-8-14-6-4-10-17-16(14)18-15;1-12(2)9-14(7-8-15-12)11-6-4-3-5-10(11)13;5-3-1-2-4(6)7/h8-9H,1-7,10-13H2,(H,17,18);3-6H,7-9H2,1-2H3;5H,1-3H2,(H,6,7). The summed E-state index contributed by atoms with van der Waals surface area (Å²) in [6, 6.07) is 11.4. The number of ether oxygens (including phenoxy) is 1. The van der Waals surface area contributed by atoms with Crippen LogP contribution in [0.1, 0.15) is 70.1 Å². The molecule has 41 heavy (non-hydrogen) atoms. The zero-order valence-electron chi connectivity index (χ0n) is 24.9. The lowest BCUT2D eigenvalue weighted by Crippen LogP contribution is -2.48. The number of aliphatic carboxylic acids is 1. The Hall–Kier alpha value is -2.75. The van der Waals surface area contributed by atoms with Gasteiger partial charge in [0.15, 0.2) is 0 Å². The number of nitrogens with zero attached hydrogens (tertiary/aromatic N) is 3. The Morgan fingerprint density at radius 1 is 1.07 bits per heavy atom. The molecule has 2 fully saturated rings. The van der Waals surface area contributed by atoms with Crippen LogP contribution in [0.5, 0.6) is 0 Å². The number of likely N-dealkylation sites (tertiary alicyclic amines) is 1. The molecule has 0 unspecified atom stereocenters. The van der Waals surface area contributed by atoms with Gasteiger partial charge in [0.2, 0.25) is 0 Å². The number of carbonyl (C=O) groups is 1. The summed E-state index contributed by atoms with van der Waals surface area (Å²) in [4.78, 5) is 19.1. The first-order chi connectivity index (χ1) is 19.8. The minimum absolute atomic E-state index is 0.0354. The maximum Gasteiger partial charge on any atom is 0.303 e. The molecule has 0 radical (unpaired) electrons.